The molecule has 1 aromatic carbocycles. The number of hydrogen-bond acceptors (Lipinski definition) is 2. The van der Waals surface area contributed by atoms with Crippen molar-refractivity contribution in [1.82, 2.24) is 5.32 Å². The largest absolute Gasteiger partial charge is 0.398 e. The fraction of sp³-hybridized carbons (Fsp3) is 0.182. The molecule has 0 aliphatic heterocycles. The average Bonchev–Trinajstić information content (AvgIpc) is 2.22. The van der Waals surface area contributed by atoms with E-state index in [9.17, 15) is 9.18 Å². The topological polar surface area (TPSA) is 55.1 Å². The van der Waals surface area contributed by atoms with Crippen molar-refractivity contribution in [1.29, 1.82) is 0 Å². The highest BCUT2D eigenvalue weighted by Crippen LogP contribution is 2.12. The van der Waals surface area contributed by atoms with Gasteiger partial charge in [-0.3, -0.25) is 4.79 Å². The van der Waals surface area contributed by atoms with E-state index < -0.39 is 5.82 Å². The summed E-state index contributed by atoms with van der Waals surface area (Å²) in [6.45, 7) is 4.00. The van der Waals surface area contributed by atoms with Gasteiger partial charge >= 0.3 is 0 Å². The Hall–Kier alpha value is -1.84. The fourth-order valence-corrected chi connectivity index (χ4v) is 1.11. The molecule has 0 bridgehead atoms. The number of anilines is 1. The first-order valence-electron chi connectivity index (χ1n) is 4.59. The smallest absolute Gasteiger partial charge is 0.253 e. The molecule has 3 nitrogen and oxygen atoms in total. The van der Waals surface area contributed by atoms with Gasteiger partial charge in [0.2, 0.25) is 0 Å². The second-order valence-electron chi connectivity index (χ2n) is 3.06. The van der Waals surface area contributed by atoms with Crippen LogP contribution in [0.5, 0.6) is 0 Å². The zero-order valence-corrected chi connectivity index (χ0v) is 8.29. The van der Waals surface area contributed by atoms with E-state index in [4.69, 9.17) is 5.73 Å². The van der Waals surface area contributed by atoms with Crippen LogP contribution in [-0.2, 0) is 0 Å². The minimum atomic E-state index is -0.474. The third-order valence-corrected chi connectivity index (χ3v) is 1.89. The first-order valence-corrected chi connectivity index (χ1v) is 4.59. The van der Waals surface area contributed by atoms with Gasteiger partial charge in [-0.25, -0.2) is 4.39 Å². The molecule has 80 valence electrons. The predicted octanol–water partition coefficient (Wildman–Crippen LogP) is 1.71. The molecule has 1 aromatic rings. The van der Waals surface area contributed by atoms with Gasteiger partial charge in [0, 0.05) is 12.2 Å². The number of rotatable bonds is 4. The Balaban J connectivity index is 2.72. The number of amides is 1. The monoisotopic (exact) mass is 208 g/mol. The number of nitrogens with one attached hydrogen (secondary N) is 1. The van der Waals surface area contributed by atoms with Crippen molar-refractivity contribution in [3.8, 4) is 0 Å². The summed E-state index contributed by atoms with van der Waals surface area (Å²) in [5.41, 5.74) is 5.98. The maximum absolute atomic E-state index is 12.8. The Morgan fingerprint density at radius 3 is 3.00 bits per heavy atom. The lowest BCUT2D eigenvalue weighted by atomic mass is 10.1. The van der Waals surface area contributed by atoms with Gasteiger partial charge in [-0.2, -0.15) is 0 Å². The minimum absolute atomic E-state index is 0.166. The van der Waals surface area contributed by atoms with Gasteiger partial charge in [-0.05, 0) is 24.6 Å². The zero-order valence-electron chi connectivity index (χ0n) is 8.29. The molecule has 0 fully saturated rings. The van der Waals surface area contributed by atoms with Crippen LogP contribution in [0.15, 0.2) is 30.9 Å². The third kappa shape index (κ3) is 3.09. The normalized spacial score (nSPS) is 9.67. The fourth-order valence-electron chi connectivity index (χ4n) is 1.11. The zero-order chi connectivity index (χ0) is 11.3. The quantitative estimate of drug-likeness (QED) is 0.449. The van der Waals surface area contributed by atoms with Gasteiger partial charge in [-0.15, -0.1) is 6.58 Å². The van der Waals surface area contributed by atoms with E-state index in [1.54, 1.807) is 6.08 Å². The molecule has 0 aromatic heterocycles. The van der Waals surface area contributed by atoms with Crippen molar-refractivity contribution < 1.29 is 9.18 Å². The minimum Gasteiger partial charge on any atom is -0.398 e. The van der Waals surface area contributed by atoms with Crippen molar-refractivity contribution in [3.05, 3.63) is 42.2 Å². The maximum atomic E-state index is 12.8. The van der Waals surface area contributed by atoms with Crippen LogP contribution in [0.3, 0.4) is 0 Å². The third-order valence-electron chi connectivity index (χ3n) is 1.89. The van der Waals surface area contributed by atoms with Crippen LogP contribution in [0.25, 0.3) is 0 Å². The maximum Gasteiger partial charge on any atom is 0.253 e. The summed E-state index contributed by atoms with van der Waals surface area (Å²) in [6.07, 6.45) is 2.36. The van der Waals surface area contributed by atoms with E-state index in [2.05, 4.69) is 11.9 Å². The van der Waals surface area contributed by atoms with Gasteiger partial charge in [0.05, 0.1) is 5.56 Å². The number of carbonyl (C=O) groups excluding carboxylic acids is 1. The molecule has 0 atom stereocenters. The molecular weight excluding hydrogens is 195 g/mol. The highest BCUT2D eigenvalue weighted by molar-refractivity contribution is 5.99. The lowest BCUT2D eigenvalue weighted by Crippen LogP contribution is -2.25. The van der Waals surface area contributed by atoms with Gasteiger partial charge < -0.3 is 11.1 Å². The molecule has 0 aliphatic rings. The molecular formula is C11H13FN2O. The van der Waals surface area contributed by atoms with E-state index in [1.165, 1.54) is 12.1 Å². The number of nitrogen functional groups attached to an aromatic ring is 1. The van der Waals surface area contributed by atoms with Crippen LogP contribution >= 0.6 is 0 Å². The molecule has 1 amide bonds. The van der Waals surface area contributed by atoms with E-state index in [0.717, 1.165) is 6.07 Å². The lowest BCUT2D eigenvalue weighted by Gasteiger charge is -2.06. The van der Waals surface area contributed by atoms with Crippen LogP contribution in [0.2, 0.25) is 0 Å². The summed E-state index contributed by atoms with van der Waals surface area (Å²) in [5.74, 6) is -0.841. The summed E-state index contributed by atoms with van der Waals surface area (Å²) in [4.78, 5) is 11.5. The standard InChI is InChI=1S/C11H13FN2O/c1-2-3-6-14-11(15)9-7-8(12)4-5-10(9)13/h2,4-5,7H,1,3,6,13H2,(H,14,15). The molecule has 0 heterocycles. The second-order valence-corrected chi connectivity index (χ2v) is 3.06. The Kier molecular flexibility index (Phi) is 3.85. The first kappa shape index (κ1) is 11.2. The van der Waals surface area contributed by atoms with E-state index >= 15 is 0 Å². The van der Waals surface area contributed by atoms with Crippen molar-refractivity contribution >= 4 is 11.6 Å². The Bertz CT molecular complexity index is 377. The molecule has 4 heteroatoms. The summed E-state index contributed by atoms with van der Waals surface area (Å²) >= 11 is 0. The van der Waals surface area contributed by atoms with E-state index in [-0.39, 0.29) is 17.2 Å². The Labute approximate surface area is 87.8 Å². The van der Waals surface area contributed by atoms with E-state index in [1.807, 2.05) is 0 Å². The highest BCUT2D eigenvalue weighted by Gasteiger charge is 2.09. The Morgan fingerprint density at radius 1 is 1.60 bits per heavy atom. The van der Waals surface area contributed by atoms with E-state index in [0.29, 0.717) is 13.0 Å². The molecule has 0 saturated heterocycles. The van der Waals surface area contributed by atoms with Crippen LogP contribution in [0.1, 0.15) is 16.8 Å². The van der Waals surface area contributed by atoms with Crippen molar-refractivity contribution in [2.24, 2.45) is 0 Å². The number of benzene rings is 1. The summed E-state index contributed by atoms with van der Waals surface area (Å²) in [6, 6.07) is 3.71. The summed E-state index contributed by atoms with van der Waals surface area (Å²) in [5, 5.41) is 2.61. The van der Waals surface area contributed by atoms with Crippen LogP contribution in [0, 0.1) is 5.82 Å². The molecule has 0 spiro atoms. The van der Waals surface area contributed by atoms with Gasteiger partial charge in [0.15, 0.2) is 0 Å². The van der Waals surface area contributed by atoms with Gasteiger partial charge in [-0.1, -0.05) is 6.08 Å². The molecule has 3 N–H and O–H groups in total. The van der Waals surface area contributed by atoms with Crippen LogP contribution < -0.4 is 11.1 Å². The van der Waals surface area contributed by atoms with Gasteiger partial charge in [0.25, 0.3) is 5.91 Å². The van der Waals surface area contributed by atoms with Crippen molar-refractivity contribution in [3.63, 3.8) is 0 Å². The number of halogens is 1. The molecule has 15 heavy (non-hydrogen) atoms. The number of nitrogens with two attached hydrogens (primary N) is 1. The number of hydrogen-bond donors (Lipinski definition) is 2. The molecule has 0 saturated carbocycles. The lowest BCUT2D eigenvalue weighted by molar-refractivity contribution is 0.0955. The second kappa shape index (κ2) is 5.14. The molecule has 1 rings (SSSR count). The summed E-state index contributed by atoms with van der Waals surface area (Å²) < 4.78 is 12.8. The first-order chi connectivity index (χ1) is 7.15. The highest BCUT2D eigenvalue weighted by atomic mass is 19.1. The number of carbonyl (C=O) groups is 1. The van der Waals surface area contributed by atoms with Crippen LogP contribution in [-0.4, -0.2) is 12.5 Å². The van der Waals surface area contributed by atoms with Crippen molar-refractivity contribution in [2.45, 2.75) is 6.42 Å². The molecule has 0 unspecified atom stereocenters. The predicted molar refractivity (Wildman–Crippen MR) is 58.0 cm³/mol. The SMILES string of the molecule is C=CCCNC(=O)c1cc(F)ccc1N. The average molecular weight is 208 g/mol. The molecule has 0 radical (unpaired) electrons. The Morgan fingerprint density at radius 2 is 2.33 bits per heavy atom. The van der Waals surface area contributed by atoms with Crippen molar-refractivity contribution in [2.75, 3.05) is 12.3 Å². The van der Waals surface area contributed by atoms with Gasteiger partial charge in [0.1, 0.15) is 5.82 Å². The molecule has 0 aliphatic carbocycles. The van der Waals surface area contributed by atoms with Crippen LogP contribution in [0.4, 0.5) is 10.1 Å². The summed E-state index contributed by atoms with van der Waals surface area (Å²) in [7, 11) is 0.